The van der Waals surface area contributed by atoms with Crippen molar-refractivity contribution in [1.82, 2.24) is 0 Å². The maximum atomic E-state index is 3.73. The first-order valence-electron chi connectivity index (χ1n) is 15.8. The summed E-state index contributed by atoms with van der Waals surface area (Å²) in [7, 11) is 0. The van der Waals surface area contributed by atoms with Crippen LogP contribution in [0.5, 0.6) is 0 Å². The van der Waals surface area contributed by atoms with Gasteiger partial charge in [0, 0.05) is 32.6 Å². The predicted octanol–water partition coefficient (Wildman–Crippen LogP) is 14.4. The molecule has 0 radical (unpaired) electrons. The van der Waals surface area contributed by atoms with Gasteiger partial charge < -0.3 is 0 Å². The Morgan fingerprint density at radius 3 is 0.870 bits per heavy atom. The molecule has 0 heterocycles. The molecule has 0 fully saturated rings. The third-order valence-corrected chi connectivity index (χ3v) is 12.1. The number of halogens is 4. The van der Waals surface area contributed by atoms with E-state index in [1.807, 2.05) is 0 Å². The van der Waals surface area contributed by atoms with Crippen molar-refractivity contribution in [2.75, 3.05) is 0 Å². The molecule has 232 valence electrons. The SMILES string of the molecule is BrC1=CC2CCC1C=C2c1ccc(C2=CC3CCC2C=C3Br)cc1.Brc1ccc(-c2ccc(-c3ccc(Br)cc3)cc2)cc1.C=C. The van der Waals surface area contributed by atoms with Gasteiger partial charge in [-0.1, -0.05) is 161 Å². The van der Waals surface area contributed by atoms with E-state index in [0.29, 0.717) is 23.7 Å². The van der Waals surface area contributed by atoms with Gasteiger partial charge in [0.1, 0.15) is 0 Å². The second-order valence-electron chi connectivity index (χ2n) is 12.1. The van der Waals surface area contributed by atoms with E-state index in [1.54, 1.807) is 0 Å². The third-order valence-electron chi connectivity index (χ3n) is 9.36. The molecule has 0 aliphatic heterocycles. The summed E-state index contributed by atoms with van der Waals surface area (Å²) in [5.74, 6) is 2.39. The summed E-state index contributed by atoms with van der Waals surface area (Å²) in [6.45, 7) is 6.00. The summed E-state index contributed by atoms with van der Waals surface area (Å²) in [5, 5.41) is 0. The number of hydrogen-bond acceptors (Lipinski definition) is 0. The highest BCUT2D eigenvalue weighted by Gasteiger charge is 2.31. The molecule has 4 aromatic carbocycles. The normalized spacial score (nSPS) is 22.3. The number of benzene rings is 4. The van der Waals surface area contributed by atoms with Gasteiger partial charge in [-0.15, -0.1) is 13.2 Å². The topological polar surface area (TPSA) is 0 Å². The Balaban J connectivity index is 0.000000156. The van der Waals surface area contributed by atoms with Gasteiger partial charge in [-0.25, -0.2) is 0 Å². The molecule has 0 saturated carbocycles. The van der Waals surface area contributed by atoms with Gasteiger partial charge in [0.05, 0.1) is 0 Å². The Morgan fingerprint density at radius 1 is 0.348 bits per heavy atom. The molecule has 6 aliphatic carbocycles. The lowest BCUT2D eigenvalue weighted by atomic mass is 9.73. The van der Waals surface area contributed by atoms with Gasteiger partial charge in [-0.05, 0) is 103 Å². The molecule has 0 amide bonds. The second-order valence-corrected chi connectivity index (χ2v) is 15.8. The monoisotopic (exact) mass is 856 g/mol. The number of hydrogen-bond donors (Lipinski definition) is 0. The van der Waals surface area contributed by atoms with Gasteiger partial charge in [0.15, 0.2) is 0 Å². The van der Waals surface area contributed by atoms with E-state index < -0.39 is 0 Å². The summed E-state index contributed by atoms with van der Waals surface area (Å²) in [6, 6.07) is 34.8. The van der Waals surface area contributed by atoms with Gasteiger partial charge in [0.25, 0.3) is 0 Å². The highest BCUT2D eigenvalue weighted by Crippen LogP contribution is 2.48. The van der Waals surface area contributed by atoms with E-state index >= 15 is 0 Å². The number of allylic oxidation sites excluding steroid dienone is 8. The van der Waals surface area contributed by atoms with Crippen LogP contribution in [0, 0.1) is 23.7 Å². The van der Waals surface area contributed by atoms with Gasteiger partial charge in [-0.3, -0.25) is 0 Å². The molecule has 0 N–H and O–H groups in total. The quantitative estimate of drug-likeness (QED) is 0.179. The van der Waals surface area contributed by atoms with Crippen molar-refractivity contribution in [2.24, 2.45) is 23.7 Å². The average molecular weight is 860 g/mol. The molecule has 6 aliphatic rings. The van der Waals surface area contributed by atoms with E-state index in [9.17, 15) is 0 Å². The van der Waals surface area contributed by atoms with Crippen LogP contribution in [0.1, 0.15) is 36.8 Å². The molecule has 4 bridgehead atoms. The van der Waals surface area contributed by atoms with Crippen LogP contribution in [0.3, 0.4) is 0 Å². The largest absolute Gasteiger partial charge is 0.106 e. The van der Waals surface area contributed by atoms with Crippen LogP contribution in [0.25, 0.3) is 33.4 Å². The van der Waals surface area contributed by atoms with E-state index in [-0.39, 0.29) is 0 Å². The molecule has 4 heteroatoms. The van der Waals surface area contributed by atoms with E-state index in [0.717, 1.165) is 8.95 Å². The molecule has 4 aromatic rings. The fourth-order valence-corrected chi connectivity index (χ4v) is 8.79. The zero-order valence-electron chi connectivity index (χ0n) is 25.6. The summed E-state index contributed by atoms with van der Waals surface area (Å²) < 4.78 is 4.99. The van der Waals surface area contributed by atoms with Crippen molar-refractivity contribution in [2.45, 2.75) is 25.7 Å². The van der Waals surface area contributed by atoms with E-state index in [4.69, 9.17) is 0 Å². The van der Waals surface area contributed by atoms with Crippen LogP contribution >= 0.6 is 63.7 Å². The van der Waals surface area contributed by atoms with Crippen LogP contribution in [-0.2, 0) is 0 Å². The van der Waals surface area contributed by atoms with Crippen LogP contribution < -0.4 is 0 Å². The molecule has 4 unspecified atom stereocenters. The second kappa shape index (κ2) is 15.2. The molecule has 0 saturated heterocycles. The first-order valence-corrected chi connectivity index (χ1v) is 19.0. The van der Waals surface area contributed by atoms with E-state index in [2.05, 4.69) is 198 Å². The highest BCUT2D eigenvalue weighted by molar-refractivity contribution is 9.12. The predicted molar refractivity (Wildman–Crippen MR) is 213 cm³/mol. The molecule has 10 rings (SSSR count). The standard InChI is InChI=1S/C22H20Br2.C18H12Br2.C2H4/c23-21-11-15-5-7-17(21)9-19(15)13-1-2-14(4-3-13)20-10-18-8-6-16(20)12-22(18)24;19-17-9-5-15(6-10-17)13-1-2-14(4-3-13)16-7-11-18(20)12-8-16;1-2/h1-4,9-12,15-18H,5-8H2;1-12H;1-2H2. The van der Waals surface area contributed by atoms with Crippen molar-refractivity contribution in [3.63, 3.8) is 0 Å². The Kier molecular flexibility index (Phi) is 11.0. The van der Waals surface area contributed by atoms with Crippen LogP contribution in [-0.4, -0.2) is 0 Å². The summed E-state index contributed by atoms with van der Waals surface area (Å²) in [4.78, 5) is 0. The molecule has 0 nitrogen and oxygen atoms in total. The van der Waals surface area contributed by atoms with Crippen molar-refractivity contribution >= 4 is 74.9 Å². The zero-order valence-corrected chi connectivity index (χ0v) is 32.0. The first kappa shape index (κ1) is 33.4. The maximum absolute atomic E-state index is 3.73. The zero-order chi connectivity index (χ0) is 32.2. The Bertz CT molecular complexity index is 1660. The molecule has 4 atom stereocenters. The molecular formula is C42H36Br4. The van der Waals surface area contributed by atoms with Gasteiger partial charge in [-0.2, -0.15) is 0 Å². The molecule has 0 aromatic heterocycles. The lowest BCUT2D eigenvalue weighted by molar-refractivity contribution is 0.537. The first-order chi connectivity index (χ1) is 22.4. The van der Waals surface area contributed by atoms with Crippen molar-refractivity contribution in [3.8, 4) is 22.3 Å². The fourth-order valence-electron chi connectivity index (χ4n) is 6.90. The minimum absolute atomic E-state index is 0.596. The minimum atomic E-state index is 0.596. The smallest absolute Gasteiger partial charge is 0.0175 e. The Morgan fingerprint density at radius 2 is 0.609 bits per heavy atom. The Labute approximate surface area is 307 Å². The van der Waals surface area contributed by atoms with Crippen LogP contribution in [0.4, 0.5) is 0 Å². The fraction of sp³-hybridized carbons (Fsp3) is 0.190. The van der Waals surface area contributed by atoms with Crippen molar-refractivity contribution < 1.29 is 0 Å². The average Bonchev–Trinajstić information content (AvgIpc) is 3.11. The van der Waals surface area contributed by atoms with Crippen LogP contribution in [0.15, 0.2) is 152 Å². The van der Waals surface area contributed by atoms with Crippen LogP contribution in [0.2, 0.25) is 0 Å². The molecular weight excluding hydrogens is 824 g/mol. The Hall–Kier alpha value is -2.50. The number of rotatable bonds is 4. The lowest BCUT2D eigenvalue weighted by Crippen LogP contribution is -2.19. The minimum Gasteiger partial charge on any atom is -0.106 e. The number of fused-ring (bicyclic) bond motifs is 2. The maximum Gasteiger partial charge on any atom is 0.0175 e. The van der Waals surface area contributed by atoms with Crippen molar-refractivity contribution in [1.29, 1.82) is 0 Å². The highest BCUT2D eigenvalue weighted by atomic mass is 79.9. The van der Waals surface area contributed by atoms with Gasteiger partial charge >= 0.3 is 0 Å². The summed E-state index contributed by atoms with van der Waals surface area (Å²) >= 11 is 14.4. The third kappa shape index (κ3) is 7.46. The van der Waals surface area contributed by atoms with Crippen molar-refractivity contribution in [3.05, 3.63) is 164 Å². The van der Waals surface area contributed by atoms with Gasteiger partial charge in [0.2, 0.25) is 0 Å². The summed E-state index contributed by atoms with van der Waals surface area (Å²) in [5.41, 5.74) is 10.8. The molecule has 46 heavy (non-hydrogen) atoms. The summed E-state index contributed by atoms with van der Waals surface area (Å²) in [6.07, 6.45) is 15.0. The lowest BCUT2D eigenvalue weighted by Gasteiger charge is -2.34. The van der Waals surface area contributed by atoms with E-state index in [1.165, 1.54) is 79.2 Å². The molecule has 0 spiro atoms.